The molecule has 1 N–H and O–H groups in total. The summed E-state index contributed by atoms with van der Waals surface area (Å²) in [6.07, 6.45) is 1.43. The molecule has 0 fully saturated rings. The van der Waals surface area contributed by atoms with Crippen molar-refractivity contribution < 1.29 is 9.90 Å². The summed E-state index contributed by atoms with van der Waals surface area (Å²) < 4.78 is 3.13. The van der Waals surface area contributed by atoms with Crippen LogP contribution in [0.2, 0.25) is 0 Å². The van der Waals surface area contributed by atoms with Crippen molar-refractivity contribution in [1.82, 2.24) is 19.3 Å². The van der Waals surface area contributed by atoms with Crippen LogP contribution in [-0.4, -0.2) is 30.4 Å². The lowest BCUT2D eigenvalue weighted by Gasteiger charge is -2.14. The van der Waals surface area contributed by atoms with Crippen LogP contribution in [0.3, 0.4) is 0 Å². The van der Waals surface area contributed by atoms with E-state index in [1.807, 2.05) is 13.8 Å². The van der Waals surface area contributed by atoms with E-state index in [2.05, 4.69) is 10.1 Å². The third kappa shape index (κ3) is 2.72. The first-order chi connectivity index (χ1) is 9.82. The predicted octanol–water partition coefficient (Wildman–Crippen LogP) is 1.38. The minimum Gasteiger partial charge on any atom is -0.477 e. The topological polar surface area (TPSA) is 90.0 Å². The Hall–Kier alpha value is -2.44. The van der Waals surface area contributed by atoms with Crippen LogP contribution in [0.1, 0.15) is 47.3 Å². The summed E-state index contributed by atoms with van der Waals surface area (Å²) in [6, 6.07) is 1.81. The van der Waals surface area contributed by atoms with Crippen molar-refractivity contribution in [3.05, 3.63) is 45.4 Å². The molecule has 0 atom stereocenters. The van der Waals surface area contributed by atoms with Gasteiger partial charge >= 0.3 is 5.97 Å². The number of pyridine rings is 1. The third-order valence-electron chi connectivity index (χ3n) is 3.35. The van der Waals surface area contributed by atoms with Crippen LogP contribution in [0.15, 0.2) is 17.2 Å². The highest BCUT2D eigenvalue weighted by atomic mass is 16.4. The quantitative estimate of drug-likeness (QED) is 0.918. The highest BCUT2D eigenvalue weighted by molar-refractivity contribution is 5.88. The lowest BCUT2D eigenvalue weighted by molar-refractivity contribution is 0.0693. The molecule has 0 saturated heterocycles. The number of hydrogen-bond acceptors (Lipinski definition) is 4. The van der Waals surface area contributed by atoms with Crippen LogP contribution < -0.4 is 5.56 Å². The number of rotatable bonds is 4. The zero-order valence-corrected chi connectivity index (χ0v) is 12.5. The van der Waals surface area contributed by atoms with Gasteiger partial charge in [0.25, 0.3) is 5.56 Å². The van der Waals surface area contributed by atoms with Gasteiger partial charge in [0.1, 0.15) is 17.7 Å². The molecule has 2 rings (SSSR count). The van der Waals surface area contributed by atoms with Crippen molar-refractivity contribution in [3.8, 4) is 0 Å². The average Bonchev–Trinajstić information content (AvgIpc) is 2.81. The molecular formula is C14H18N4O3. The summed E-state index contributed by atoms with van der Waals surface area (Å²) in [4.78, 5) is 27.8. The Labute approximate surface area is 121 Å². The molecule has 112 valence electrons. The summed E-state index contributed by atoms with van der Waals surface area (Å²) in [5.74, 6) is -0.591. The largest absolute Gasteiger partial charge is 0.477 e. The maximum Gasteiger partial charge on any atom is 0.341 e. The summed E-state index contributed by atoms with van der Waals surface area (Å²) in [5.41, 5.74) is 0.446. The molecule has 2 heterocycles. The van der Waals surface area contributed by atoms with E-state index < -0.39 is 11.5 Å². The minimum atomic E-state index is -1.21. The molecule has 0 aliphatic carbocycles. The van der Waals surface area contributed by atoms with Crippen molar-refractivity contribution in [2.24, 2.45) is 0 Å². The third-order valence-corrected chi connectivity index (χ3v) is 3.35. The van der Waals surface area contributed by atoms with Crippen molar-refractivity contribution >= 4 is 5.97 Å². The molecule has 0 saturated carbocycles. The minimum absolute atomic E-state index is 0.114. The Bertz CT molecular complexity index is 743. The Morgan fingerprint density at radius 1 is 1.38 bits per heavy atom. The monoisotopic (exact) mass is 290 g/mol. The number of aromatic carboxylic acids is 1. The molecule has 0 bridgehead atoms. The smallest absolute Gasteiger partial charge is 0.341 e. The van der Waals surface area contributed by atoms with E-state index in [1.54, 1.807) is 24.6 Å². The standard InChI is InChI=1S/C14H18N4O3/c1-8(2)18-11(15-7-16-18)6-17-10(4)5-9(3)12(13(17)19)14(20)21/h5,7-8H,6H2,1-4H3,(H,20,21). The van der Waals surface area contributed by atoms with E-state index in [1.165, 1.54) is 10.9 Å². The number of nitrogens with zero attached hydrogens (tertiary/aromatic N) is 4. The summed E-state index contributed by atoms with van der Waals surface area (Å²) in [7, 11) is 0. The van der Waals surface area contributed by atoms with Crippen molar-refractivity contribution in [2.75, 3.05) is 0 Å². The van der Waals surface area contributed by atoms with Gasteiger partial charge in [-0.1, -0.05) is 0 Å². The van der Waals surface area contributed by atoms with E-state index in [4.69, 9.17) is 0 Å². The number of aromatic nitrogens is 4. The Kier molecular flexibility index (Phi) is 3.93. The van der Waals surface area contributed by atoms with Gasteiger partial charge in [-0.2, -0.15) is 5.10 Å². The second-order valence-corrected chi connectivity index (χ2v) is 5.25. The molecule has 0 radical (unpaired) electrons. The van der Waals surface area contributed by atoms with Gasteiger partial charge < -0.3 is 9.67 Å². The van der Waals surface area contributed by atoms with Gasteiger partial charge in [0.2, 0.25) is 0 Å². The van der Waals surface area contributed by atoms with Gasteiger partial charge in [-0.15, -0.1) is 0 Å². The van der Waals surface area contributed by atoms with E-state index >= 15 is 0 Å². The molecular weight excluding hydrogens is 272 g/mol. The SMILES string of the molecule is Cc1cc(C)n(Cc2ncnn2C(C)C)c(=O)c1C(=O)O. The molecule has 2 aromatic rings. The van der Waals surface area contributed by atoms with E-state index in [9.17, 15) is 14.7 Å². The highest BCUT2D eigenvalue weighted by Crippen LogP contribution is 2.10. The molecule has 0 aromatic carbocycles. The molecule has 0 aliphatic rings. The van der Waals surface area contributed by atoms with Gasteiger partial charge in [0.05, 0.1) is 6.54 Å². The van der Waals surface area contributed by atoms with Crippen LogP contribution >= 0.6 is 0 Å². The Morgan fingerprint density at radius 2 is 2.05 bits per heavy atom. The van der Waals surface area contributed by atoms with Crippen LogP contribution in [0, 0.1) is 13.8 Å². The number of carboxylic acid groups (broad SMARTS) is 1. The molecule has 7 heteroatoms. The molecule has 21 heavy (non-hydrogen) atoms. The van der Waals surface area contributed by atoms with E-state index in [0.717, 1.165) is 0 Å². The molecule has 0 amide bonds. The summed E-state index contributed by atoms with van der Waals surface area (Å²) >= 11 is 0. The van der Waals surface area contributed by atoms with Gasteiger partial charge in [0.15, 0.2) is 0 Å². The maximum absolute atomic E-state index is 12.4. The second-order valence-electron chi connectivity index (χ2n) is 5.25. The van der Waals surface area contributed by atoms with Crippen molar-refractivity contribution in [3.63, 3.8) is 0 Å². The molecule has 0 spiro atoms. The lowest BCUT2D eigenvalue weighted by Crippen LogP contribution is -2.30. The summed E-state index contributed by atoms with van der Waals surface area (Å²) in [5, 5.41) is 13.3. The fourth-order valence-electron chi connectivity index (χ4n) is 2.34. The number of carboxylic acids is 1. The van der Waals surface area contributed by atoms with Crippen LogP contribution in [0.5, 0.6) is 0 Å². The Balaban J connectivity index is 2.55. The molecule has 0 unspecified atom stereocenters. The summed E-state index contributed by atoms with van der Waals surface area (Å²) in [6.45, 7) is 7.52. The number of carbonyl (C=O) groups is 1. The lowest BCUT2D eigenvalue weighted by atomic mass is 10.1. The van der Waals surface area contributed by atoms with E-state index in [-0.39, 0.29) is 18.2 Å². The number of hydrogen-bond donors (Lipinski definition) is 1. The first-order valence-electron chi connectivity index (χ1n) is 6.65. The fourth-order valence-corrected chi connectivity index (χ4v) is 2.34. The molecule has 7 nitrogen and oxygen atoms in total. The van der Waals surface area contributed by atoms with Gasteiger partial charge in [-0.05, 0) is 39.3 Å². The average molecular weight is 290 g/mol. The van der Waals surface area contributed by atoms with Gasteiger partial charge in [-0.3, -0.25) is 4.79 Å². The van der Waals surface area contributed by atoms with Crippen LogP contribution in [0.4, 0.5) is 0 Å². The Morgan fingerprint density at radius 3 is 2.62 bits per heavy atom. The fraction of sp³-hybridized carbons (Fsp3) is 0.429. The van der Waals surface area contributed by atoms with Gasteiger partial charge in [-0.25, -0.2) is 14.5 Å². The molecule has 2 aromatic heterocycles. The van der Waals surface area contributed by atoms with E-state index in [0.29, 0.717) is 17.1 Å². The zero-order valence-electron chi connectivity index (χ0n) is 12.5. The normalized spacial score (nSPS) is 11.1. The molecule has 0 aliphatic heterocycles. The van der Waals surface area contributed by atoms with Crippen LogP contribution in [0.25, 0.3) is 0 Å². The predicted molar refractivity (Wildman–Crippen MR) is 76.6 cm³/mol. The number of aryl methyl sites for hydroxylation is 2. The van der Waals surface area contributed by atoms with Gasteiger partial charge in [0, 0.05) is 11.7 Å². The van der Waals surface area contributed by atoms with Crippen molar-refractivity contribution in [2.45, 2.75) is 40.3 Å². The first-order valence-corrected chi connectivity index (χ1v) is 6.65. The highest BCUT2D eigenvalue weighted by Gasteiger charge is 2.18. The second kappa shape index (κ2) is 5.51. The maximum atomic E-state index is 12.4. The van der Waals surface area contributed by atoms with Crippen molar-refractivity contribution in [1.29, 1.82) is 0 Å². The van der Waals surface area contributed by atoms with Crippen LogP contribution in [-0.2, 0) is 6.54 Å². The zero-order chi connectivity index (χ0) is 15.7. The first kappa shape index (κ1) is 15.0.